The Hall–Kier alpha value is -1.90. The van der Waals surface area contributed by atoms with E-state index in [1.54, 1.807) is 0 Å². The molecule has 0 unspecified atom stereocenters. The molecule has 1 aromatic carbocycles. The molecule has 1 aliphatic heterocycles. The number of pyridine rings is 1. The predicted molar refractivity (Wildman–Crippen MR) is 56.7 cm³/mol. The molecule has 0 spiro atoms. The van der Waals surface area contributed by atoms with Gasteiger partial charge in [-0.05, 0) is 23.5 Å². The first-order valence-corrected chi connectivity index (χ1v) is 5.13. The van der Waals surface area contributed by atoms with Gasteiger partial charge >= 0.3 is 6.33 Å². The minimum atomic E-state index is 0.948. The second-order valence-electron chi connectivity index (χ2n) is 4.14. The smallest absolute Gasteiger partial charge is 0.146 e. The standard InChI is InChI=1S/C12H10N3/c1-8-2-3-9-4-5-11-13-7-14-6-10(8)12(9)15(11)14/h2-5,7H,6H2,1H3/q+1. The number of rotatable bonds is 0. The lowest BCUT2D eigenvalue weighted by Gasteiger charge is -2.00. The van der Waals surface area contributed by atoms with Crippen molar-refractivity contribution in [1.29, 1.82) is 0 Å². The highest BCUT2D eigenvalue weighted by Gasteiger charge is 2.24. The van der Waals surface area contributed by atoms with Crippen LogP contribution in [-0.4, -0.2) is 9.50 Å². The minimum absolute atomic E-state index is 0.948. The van der Waals surface area contributed by atoms with Gasteiger partial charge in [0.25, 0.3) is 5.65 Å². The first-order valence-electron chi connectivity index (χ1n) is 5.13. The Morgan fingerprint density at radius 2 is 2.13 bits per heavy atom. The highest BCUT2D eigenvalue weighted by atomic mass is 15.4. The summed E-state index contributed by atoms with van der Waals surface area (Å²) in [6, 6.07) is 8.60. The van der Waals surface area contributed by atoms with Crippen LogP contribution in [0.3, 0.4) is 0 Å². The van der Waals surface area contributed by atoms with Gasteiger partial charge in [-0.3, -0.25) is 0 Å². The third-order valence-electron chi connectivity index (χ3n) is 3.29. The molecule has 4 rings (SSSR count). The largest absolute Gasteiger partial charge is 0.308 e. The van der Waals surface area contributed by atoms with Gasteiger partial charge in [0.15, 0.2) is 0 Å². The maximum atomic E-state index is 4.37. The average molecular weight is 196 g/mol. The van der Waals surface area contributed by atoms with Gasteiger partial charge in [-0.1, -0.05) is 12.1 Å². The Morgan fingerprint density at radius 1 is 1.27 bits per heavy atom. The zero-order valence-corrected chi connectivity index (χ0v) is 8.44. The van der Waals surface area contributed by atoms with Gasteiger partial charge in [0.05, 0.1) is 0 Å². The molecule has 0 saturated heterocycles. The van der Waals surface area contributed by atoms with Crippen LogP contribution in [0, 0.1) is 6.92 Å². The van der Waals surface area contributed by atoms with Crippen molar-refractivity contribution in [2.24, 2.45) is 0 Å². The zero-order valence-electron chi connectivity index (χ0n) is 8.44. The number of hydrogen-bond acceptors (Lipinski definition) is 1. The van der Waals surface area contributed by atoms with Crippen LogP contribution in [0.5, 0.6) is 0 Å². The summed E-state index contributed by atoms with van der Waals surface area (Å²) in [5.41, 5.74) is 5.16. The summed E-state index contributed by atoms with van der Waals surface area (Å²) in [6.07, 6.45) is 1.91. The molecule has 1 aliphatic rings. The summed E-state index contributed by atoms with van der Waals surface area (Å²) >= 11 is 0. The fraction of sp³-hybridized carbons (Fsp3) is 0.167. The quantitative estimate of drug-likeness (QED) is 0.390. The molecule has 72 valence electrons. The molecule has 3 nitrogen and oxygen atoms in total. The van der Waals surface area contributed by atoms with Gasteiger partial charge in [-0.2, -0.15) is 0 Å². The van der Waals surface area contributed by atoms with Crippen LogP contribution < -0.4 is 4.68 Å². The molecule has 0 bridgehead atoms. The predicted octanol–water partition coefficient (Wildman–Crippen LogP) is 1.45. The van der Waals surface area contributed by atoms with Crippen LogP contribution in [0.1, 0.15) is 11.1 Å². The third kappa shape index (κ3) is 0.731. The van der Waals surface area contributed by atoms with Gasteiger partial charge in [0, 0.05) is 17.0 Å². The summed E-state index contributed by atoms with van der Waals surface area (Å²) < 4.78 is 4.37. The molecular formula is C12H10N3+. The van der Waals surface area contributed by atoms with Crippen LogP contribution in [0.25, 0.3) is 16.6 Å². The molecular weight excluding hydrogens is 186 g/mol. The second-order valence-corrected chi connectivity index (χ2v) is 4.14. The fourth-order valence-corrected chi connectivity index (χ4v) is 2.50. The second kappa shape index (κ2) is 2.19. The van der Waals surface area contributed by atoms with Gasteiger partial charge in [0.2, 0.25) is 0 Å². The van der Waals surface area contributed by atoms with E-state index in [1.165, 1.54) is 22.0 Å². The Morgan fingerprint density at radius 3 is 3.07 bits per heavy atom. The molecule has 3 heterocycles. The molecule has 0 fully saturated rings. The highest BCUT2D eigenvalue weighted by molar-refractivity contribution is 5.85. The normalized spacial score (nSPS) is 13.4. The first-order chi connectivity index (χ1) is 7.34. The molecule has 3 heteroatoms. The summed E-state index contributed by atoms with van der Waals surface area (Å²) in [4.78, 5) is 4.37. The average Bonchev–Trinajstić information content (AvgIpc) is 2.80. The minimum Gasteiger partial charge on any atom is -0.146 e. The van der Waals surface area contributed by atoms with Crippen molar-refractivity contribution in [2.45, 2.75) is 13.5 Å². The number of aryl methyl sites for hydroxylation is 1. The molecule has 3 aromatic rings. The zero-order chi connectivity index (χ0) is 9.99. The monoisotopic (exact) mass is 196 g/mol. The summed E-state index contributed by atoms with van der Waals surface area (Å²) in [7, 11) is 0. The number of nitrogens with zero attached hydrogens (tertiary/aromatic N) is 3. The van der Waals surface area contributed by atoms with Crippen molar-refractivity contribution in [2.75, 3.05) is 0 Å². The van der Waals surface area contributed by atoms with Gasteiger partial charge in [-0.15, -0.1) is 9.20 Å². The third-order valence-corrected chi connectivity index (χ3v) is 3.29. The van der Waals surface area contributed by atoms with Crippen LogP contribution in [0.15, 0.2) is 30.6 Å². The van der Waals surface area contributed by atoms with E-state index in [1.807, 2.05) is 6.33 Å². The molecule has 0 saturated carbocycles. The Balaban J connectivity index is 2.42. The van der Waals surface area contributed by atoms with E-state index in [-0.39, 0.29) is 0 Å². The lowest BCUT2D eigenvalue weighted by atomic mass is 10.0. The van der Waals surface area contributed by atoms with E-state index in [4.69, 9.17) is 0 Å². The van der Waals surface area contributed by atoms with Crippen molar-refractivity contribution in [3.8, 4) is 0 Å². The van der Waals surface area contributed by atoms with Gasteiger partial charge in [-0.25, -0.2) is 0 Å². The summed E-state index contributed by atoms with van der Waals surface area (Å²) in [5.74, 6) is 0. The molecule has 15 heavy (non-hydrogen) atoms. The molecule has 0 radical (unpaired) electrons. The lowest BCUT2D eigenvalue weighted by Crippen LogP contribution is -2.35. The van der Waals surface area contributed by atoms with Gasteiger partial charge < -0.3 is 0 Å². The first kappa shape index (κ1) is 7.40. The Labute approximate surface area is 86.6 Å². The van der Waals surface area contributed by atoms with Gasteiger partial charge in [0.1, 0.15) is 12.1 Å². The van der Waals surface area contributed by atoms with Crippen molar-refractivity contribution < 1.29 is 4.68 Å². The highest BCUT2D eigenvalue weighted by Crippen LogP contribution is 2.25. The Kier molecular flexibility index (Phi) is 1.08. The van der Waals surface area contributed by atoms with Crippen LogP contribution in [-0.2, 0) is 6.54 Å². The van der Waals surface area contributed by atoms with Crippen LogP contribution >= 0.6 is 0 Å². The SMILES string of the molecule is Cc1ccc2ccc3nc[n+]4n3c2c1C4. The molecule has 2 aromatic heterocycles. The molecule has 0 atom stereocenters. The molecule has 0 aliphatic carbocycles. The topological polar surface area (TPSA) is 21.2 Å². The number of hydrogen-bond donors (Lipinski definition) is 0. The van der Waals surface area contributed by atoms with E-state index < -0.39 is 0 Å². The summed E-state index contributed by atoms with van der Waals surface area (Å²) in [5, 5.41) is 1.30. The van der Waals surface area contributed by atoms with Crippen LogP contribution in [0.4, 0.5) is 0 Å². The maximum Gasteiger partial charge on any atom is 0.308 e. The van der Waals surface area contributed by atoms with E-state index in [0.29, 0.717) is 0 Å². The maximum absolute atomic E-state index is 4.37. The number of benzene rings is 1. The van der Waals surface area contributed by atoms with Crippen molar-refractivity contribution in [3.05, 3.63) is 41.7 Å². The summed E-state index contributed by atoms with van der Waals surface area (Å²) in [6.45, 7) is 3.12. The van der Waals surface area contributed by atoms with E-state index in [0.717, 1.165) is 12.2 Å². The fourth-order valence-electron chi connectivity index (χ4n) is 2.50. The van der Waals surface area contributed by atoms with Crippen molar-refractivity contribution in [3.63, 3.8) is 0 Å². The van der Waals surface area contributed by atoms with E-state index >= 15 is 0 Å². The Bertz CT molecular complexity index is 710. The van der Waals surface area contributed by atoms with Crippen molar-refractivity contribution >= 4 is 16.6 Å². The van der Waals surface area contributed by atoms with E-state index in [9.17, 15) is 0 Å². The van der Waals surface area contributed by atoms with Crippen LogP contribution in [0.2, 0.25) is 0 Å². The molecule has 0 amide bonds. The molecule has 0 N–H and O–H groups in total. The van der Waals surface area contributed by atoms with Crippen molar-refractivity contribution in [1.82, 2.24) is 9.50 Å². The van der Waals surface area contributed by atoms with E-state index in [2.05, 4.69) is 45.4 Å². The lowest BCUT2D eigenvalue weighted by molar-refractivity contribution is -0.746. The number of aromatic nitrogens is 3.